The van der Waals surface area contributed by atoms with Gasteiger partial charge >= 0.3 is 0 Å². The van der Waals surface area contributed by atoms with Crippen molar-refractivity contribution in [2.45, 2.75) is 26.2 Å². The summed E-state index contributed by atoms with van der Waals surface area (Å²) in [7, 11) is 1.69. The average Bonchev–Trinajstić information content (AvgIpc) is 2.43. The second-order valence-corrected chi connectivity index (χ2v) is 4.46. The molecule has 0 heterocycles. The van der Waals surface area contributed by atoms with Crippen molar-refractivity contribution in [2.75, 3.05) is 32.6 Å². The van der Waals surface area contributed by atoms with E-state index in [0.717, 1.165) is 25.9 Å². The second-order valence-electron chi connectivity index (χ2n) is 4.46. The zero-order valence-electron chi connectivity index (χ0n) is 12.3. The fraction of sp³-hybridized carbons (Fsp3) is 0.533. The van der Waals surface area contributed by atoms with Crippen LogP contribution in [0.4, 0.5) is 5.69 Å². The summed E-state index contributed by atoms with van der Waals surface area (Å²) in [5.74, 6) is 0.350. The van der Waals surface area contributed by atoms with Crippen LogP contribution in [0.5, 0.6) is 5.75 Å². The van der Waals surface area contributed by atoms with Gasteiger partial charge in [-0.15, -0.1) is 0 Å². The monoisotopic (exact) mass is 280 g/mol. The summed E-state index contributed by atoms with van der Waals surface area (Å²) in [5.41, 5.74) is 6.73. The van der Waals surface area contributed by atoms with E-state index in [0.29, 0.717) is 30.2 Å². The molecule has 112 valence electrons. The normalized spacial score (nSPS) is 10.3. The van der Waals surface area contributed by atoms with E-state index in [2.05, 4.69) is 5.32 Å². The molecule has 0 aliphatic rings. The van der Waals surface area contributed by atoms with Gasteiger partial charge in [0.1, 0.15) is 11.3 Å². The van der Waals surface area contributed by atoms with Crippen LogP contribution in [-0.4, -0.2) is 32.8 Å². The molecule has 0 radical (unpaired) electrons. The van der Waals surface area contributed by atoms with E-state index in [1.54, 1.807) is 25.3 Å². The van der Waals surface area contributed by atoms with Gasteiger partial charge in [-0.3, -0.25) is 4.79 Å². The van der Waals surface area contributed by atoms with E-state index < -0.39 is 0 Å². The number of nitrogens with two attached hydrogens (primary N) is 1. The number of amides is 1. The summed E-state index contributed by atoms with van der Waals surface area (Å²) < 4.78 is 10.4. The Labute approximate surface area is 120 Å². The first-order valence-corrected chi connectivity index (χ1v) is 6.99. The Kier molecular flexibility index (Phi) is 7.50. The molecule has 0 saturated heterocycles. The van der Waals surface area contributed by atoms with E-state index in [-0.39, 0.29) is 5.91 Å². The smallest absolute Gasteiger partial charge is 0.257 e. The lowest BCUT2D eigenvalue weighted by atomic mass is 10.1. The van der Waals surface area contributed by atoms with Gasteiger partial charge in [-0.05, 0) is 38.3 Å². The van der Waals surface area contributed by atoms with Crippen LogP contribution in [0.1, 0.15) is 36.5 Å². The van der Waals surface area contributed by atoms with Gasteiger partial charge in [-0.2, -0.15) is 0 Å². The number of nitrogen functional groups attached to an aromatic ring is 1. The number of unbranched alkanes of at least 4 members (excludes halogenated alkanes) is 2. The summed E-state index contributed by atoms with van der Waals surface area (Å²) in [6, 6.07) is 5.24. The predicted molar refractivity (Wildman–Crippen MR) is 80.1 cm³/mol. The zero-order valence-corrected chi connectivity index (χ0v) is 12.3. The van der Waals surface area contributed by atoms with Crippen molar-refractivity contribution in [1.29, 1.82) is 0 Å². The molecule has 0 bridgehead atoms. The van der Waals surface area contributed by atoms with Crippen LogP contribution in [-0.2, 0) is 4.74 Å². The number of ether oxygens (including phenoxy) is 2. The lowest BCUT2D eigenvalue weighted by Crippen LogP contribution is -2.26. The molecule has 0 saturated carbocycles. The topological polar surface area (TPSA) is 73.6 Å². The Bertz CT molecular complexity index is 422. The van der Waals surface area contributed by atoms with E-state index in [1.807, 2.05) is 6.92 Å². The molecule has 3 N–H and O–H groups in total. The third kappa shape index (κ3) is 5.09. The van der Waals surface area contributed by atoms with Crippen molar-refractivity contribution >= 4 is 11.6 Å². The number of nitrogens with one attached hydrogen (secondary N) is 1. The Balaban J connectivity index is 2.50. The van der Waals surface area contributed by atoms with Crippen LogP contribution in [0.25, 0.3) is 0 Å². The Hall–Kier alpha value is -1.75. The Morgan fingerprint density at radius 2 is 2.10 bits per heavy atom. The van der Waals surface area contributed by atoms with Gasteiger partial charge < -0.3 is 20.5 Å². The molecule has 0 aliphatic heterocycles. The minimum absolute atomic E-state index is 0.182. The zero-order chi connectivity index (χ0) is 14.8. The average molecular weight is 280 g/mol. The van der Waals surface area contributed by atoms with E-state index >= 15 is 0 Å². The highest BCUT2D eigenvalue weighted by molar-refractivity contribution is 6.01. The molecule has 0 atom stereocenters. The minimum Gasteiger partial charge on any atom is -0.493 e. The van der Waals surface area contributed by atoms with E-state index in [1.165, 1.54) is 0 Å². The van der Waals surface area contributed by atoms with Crippen molar-refractivity contribution in [2.24, 2.45) is 0 Å². The van der Waals surface area contributed by atoms with Crippen molar-refractivity contribution in [3.63, 3.8) is 0 Å². The van der Waals surface area contributed by atoms with Gasteiger partial charge in [0, 0.05) is 25.9 Å². The van der Waals surface area contributed by atoms with Crippen molar-refractivity contribution in [3.8, 4) is 5.75 Å². The SMILES string of the molecule is CCOc1cccc(N)c1C(=O)NCCCCCOC. The summed E-state index contributed by atoms with van der Waals surface area (Å²) in [4.78, 5) is 12.2. The second kappa shape index (κ2) is 9.20. The van der Waals surface area contributed by atoms with Gasteiger partial charge in [0.2, 0.25) is 0 Å². The molecule has 0 aromatic heterocycles. The van der Waals surface area contributed by atoms with E-state index in [4.69, 9.17) is 15.2 Å². The summed E-state index contributed by atoms with van der Waals surface area (Å²) in [6.45, 7) is 3.76. The number of benzene rings is 1. The van der Waals surface area contributed by atoms with Crippen molar-refractivity contribution in [3.05, 3.63) is 23.8 Å². The molecule has 1 aromatic carbocycles. The molecular weight excluding hydrogens is 256 g/mol. The third-order valence-corrected chi connectivity index (χ3v) is 2.90. The predicted octanol–water partition coefficient (Wildman–Crippen LogP) is 2.21. The molecule has 0 unspecified atom stereocenters. The standard InChI is InChI=1S/C15H24N2O3/c1-3-20-13-9-7-8-12(16)14(13)15(18)17-10-5-4-6-11-19-2/h7-9H,3-6,10-11,16H2,1-2H3,(H,17,18). The maximum atomic E-state index is 12.2. The fourth-order valence-electron chi connectivity index (χ4n) is 1.91. The molecule has 0 spiro atoms. The summed E-state index contributed by atoms with van der Waals surface area (Å²) >= 11 is 0. The quantitative estimate of drug-likeness (QED) is 0.537. The maximum Gasteiger partial charge on any atom is 0.257 e. The lowest BCUT2D eigenvalue weighted by molar-refractivity contribution is 0.0950. The highest BCUT2D eigenvalue weighted by Gasteiger charge is 2.15. The Morgan fingerprint density at radius 3 is 2.80 bits per heavy atom. The number of rotatable bonds is 9. The molecule has 5 nitrogen and oxygen atoms in total. The minimum atomic E-state index is -0.182. The van der Waals surface area contributed by atoms with Crippen LogP contribution < -0.4 is 15.8 Å². The van der Waals surface area contributed by atoms with Crippen molar-refractivity contribution in [1.82, 2.24) is 5.32 Å². The maximum absolute atomic E-state index is 12.2. The van der Waals surface area contributed by atoms with Gasteiger partial charge in [0.15, 0.2) is 0 Å². The number of carbonyl (C=O) groups is 1. The Morgan fingerprint density at radius 1 is 1.30 bits per heavy atom. The third-order valence-electron chi connectivity index (χ3n) is 2.90. The van der Waals surface area contributed by atoms with Gasteiger partial charge in [-0.25, -0.2) is 0 Å². The fourth-order valence-corrected chi connectivity index (χ4v) is 1.91. The van der Waals surface area contributed by atoms with Crippen LogP contribution >= 0.6 is 0 Å². The van der Waals surface area contributed by atoms with Gasteiger partial charge in [0.25, 0.3) is 5.91 Å². The molecule has 5 heteroatoms. The number of methoxy groups -OCH3 is 1. The number of hydrogen-bond donors (Lipinski definition) is 2. The first-order chi connectivity index (χ1) is 9.70. The largest absolute Gasteiger partial charge is 0.493 e. The first kappa shape index (κ1) is 16.3. The van der Waals surface area contributed by atoms with Crippen LogP contribution in [0, 0.1) is 0 Å². The molecule has 1 amide bonds. The lowest BCUT2D eigenvalue weighted by Gasteiger charge is -2.12. The highest BCUT2D eigenvalue weighted by Crippen LogP contribution is 2.24. The molecule has 1 rings (SSSR count). The molecule has 0 aliphatic carbocycles. The van der Waals surface area contributed by atoms with Crippen LogP contribution in [0.3, 0.4) is 0 Å². The summed E-state index contributed by atoms with van der Waals surface area (Å²) in [5, 5.41) is 2.88. The summed E-state index contributed by atoms with van der Waals surface area (Å²) in [6.07, 6.45) is 2.95. The van der Waals surface area contributed by atoms with Crippen LogP contribution in [0.2, 0.25) is 0 Å². The first-order valence-electron chi connectivity index (χ1n) is 6.99. The highest BCUT2D eigenvalue weighted by atomic mass is 16.5. The van der Waals surface area contributed by atoms with E-state index in [9.17, 15) is 4.79 Å². The van der Waals surface area contributed by atoms with Gasteiger partial charge in [0.05, 0.1) is 6.61 Å². The number of hydrogen-bond acceptors (Lipinski definition) is 4. The molecular formula is C15H24N2O3. The molecule has 1 aromatic rings. The number of anilines is 1. The van der Waals surface area contributed by atoms with Gasteiger partial charge in [-0.1, -0.05) is 6.07 Å². The number of carbonyl (C=O) groups excluding carboxylic acids is 1. The van der Waals surface area contributed by atoms with Crippen LogP contribution in [0.15, 0.2) is 18.2 Å². The molecule has 20 heavy (non-hydrogen) atoms. The molecule has 0 fully saturated rings. The van der Waals surface area contributed by atoms with Crippen molar-refractivity contribution < 1.29 is 14.3 Å².